The summed E-state index contributed by atoms with van der Waals surface area (Å²) in [7, 11) is 0. The van der Waals surface area contributed by atoms with Gasteiger partial charge in [-0.1, -0.05) is 0 Å². The lowest BCUT2D eigenvalue weighted by Gasteiger charge is -2.19. The van der Waals surface area contributed by atoms with E-state index < -0.39 is 49.3 Å². The molecular weight excluding hydrogens is 368 g/mol. The molecule has 0 aliphatic heterocycles. The first-order chi connectivity index (χ1) is 12.4. The van der Waals surface area contributed by atoms with Crippen LogP contribution in [0, 0.1) is 30.3 Å². The smallest absolute Gasteiger partial charge is 0.407 e. The molecule has 0 aliphatic carbocycles. The number of hydrogen-bond donors (Lipinski definition) is 1. The van der Waals surface area contributed by atoms with Crippen LogP contribution in [0.25, 0.3) is 0 Å². The van der Waals surface area contributed by atoms with Crippen molar-refractivity contribution in [1.82, 2.24) is 5.32 Å². The third-order valence-corrected chi connectivity index (χ3v) is 2.87. The van der Waals surface area contributed by atoms with Gasteiger partial charge >= 0.3 is 17.5 Å². The molecule has 0 unspecified atom stereocenters. The quantitative estimate of drug-likeness (QED) is 0.399. The number of carbonyl (C=O) groups is 1. The fraction of sp³-hybridized carbons (Fsp3) is 0.500. The van der Waals surface area contributed by atoms with Crippen molar-refractivity contribution < 1.29 is 29.0 Å². The van der Waals surface area contributed by atoms with Gasteiger partial charge in [0, 0.05) is 6.54 Å². The molecule has 0 saturated heterocycles. The van der Waals surface area contributed by atoms with Crippen LogP contribution in [0.15, 0.2) is 12.1 Å². The van der Waals surface area contributed by atoms with Crippen LogP contribution >= 0.6 is 0 Å². The van der Waals surface area contributed by atoms with E-state index in [9.17, 15) is 35.1 Å². The lowest BCUT2D eigenvalue weighted by molar-refractivity contribution is -0.404. The number of nitro groups is 3. The summed E-state index contributed by atoms with van der Waals surface area (Å²) in [5.41, 5.74) is -3.26. The summed E-state index contributed by atoms with van der Waals surface area (Å²) in [4.78, 5) is 41.4. The largest absolute Gasteiger partial charge is 0.482 e. The number of non-ortho nitro benzene ring substituents is 1. The number of hydrogen-bond acceptors (Lipinski definition) is 9. The van der Waals surface area contributed by atoms with Gasteiger partial charge in [-0.25, -0.2) is 4.79 Å². The Hall–Kier alpha value is -3.51. The molecule has 0 fully saturated rings. The van der Waals surface area contributed by atoms with Crippen molar-refractivity contribution in [3.8, 4) is 5.75 Å². The second-order valence-electron chi connectivity index (χ2n) is 6.22. The first kappa shape index (κ1) is 21.5. The van der Waals surface area contributed by atoms with Crippen molar-refractivity contribution in [2.45, 2.75) is 32.8 Å². The summed E-state index contributed by atoms with van der Waals surface area (Å²) in [5.74, 6) is -0.687. The monoisotopic (exact) mass is 386 g/mol. The minimum atomic E-state index is -1.01. The molecule has 1 amide bonds. The average molecular weight is 386 g/mol. The topological polar surface area (TPSA) is 177 Å². The maximum Gasteiger partial charge on any atom is 0.407 e. The number of carbonyl (C=O) groups excluding carboxylic acids is 1. The van der Waals surface area contributed by atoms with Gasteiger partial charge in [0.15, 0.2) is 0 Å². The Morgan fingerprint density at radius 2 is 1.56 bits per heavy atom. The zero-order valence-corrected chi connectivity index (χ0v) is 14.8. The Kier molecular flexibility index (Phi) is 6.96. The lowest BCUT2D eigenvalue weighted by Crippen LogP contribution is -2.33. The third kappa shape index (κ3) is 6.72. The van der Waals surface area contributed by atoms with Crippen molar-refractivity contribution in [3.63, 3.8) is 0 Å². The Morgan fingerprint density at radius 1 is 1.04 bits per heavy atom. The highest BCUT2D eigenvalue weighted by Gasteiger charge is 2.32. The molecule has 1 aromatic rings. The summed E-state index contributed by atoms with van der Waals surface area (Å²) in [6.45, 7) is 4.92. The second kappa shape index (κ2) is 8.73. The van der Waals surface area contributed by atoms with Gasteiger partial charge in [0.05, 0.1) is 33.5 Å². The molecule has 0 aromatic heterocycles. The van der Waals surface area contributed by atoms with Crippen LogP contribution in [-0.4, -0.2) is 39.6 Å². The van der Waals surface area contributed by atoms with E-state index >= 15 is 0 Å². The number of alkyl carbamates (subject to hydrolysis) is 1. The zero-order valence-electron chi connectivity index (χ0n) is 14.8. The third-order valence-electron chi connectivity index (χ3n) is 2.87. The molecule has 0 atom stereocenters. The van der Waals surface area contributed by atoms with Crippen molar-refractivity contribution in [2.75, 3.05) is 13.2 Å². The molecule has 0 bridgehead atoms. The SMILES string of the molecule is CC(C)(C)OC(=O)NCCCOc1c([N+](=O)[O-])cc([N+](=O)[O-])cc1[N+](=O)[O-]. The van der Waals surface area contributed by atoms with Gasteiger partial charge in [-0.05, 0) is 27.2 Å². The number of nitrogens with one attached hydrogen (secondary N) is 1. The van der Waals surface area contributed by atoms with Gasteiger partial charge in [0.2, 0.25) is 0 Å². The Balaban J connectivity index is 2.82. The maximum absolute atomic E-state index is 11.5. The molecule has 1 aromatic carbocycles. The van der Waals surface area contributed by atoms with Crippen LogP contribution in [0.4, 0.5) is 21.9 Å². The van der Waals surface area contributed by atoms with Crippen molar-refractivity contribution in [2.24, 2.45) is 0 Å². The molecule has 0 saturated carbocycles. The highest BCUT2D eigenvalue weighted by atomic mass is 16.6. The second-order valence-corrected chi connectivity index (χ2v) is 6.22. The summed E-state index contributed by atoms with van der Waals surface area (Å²) < 4.78 is 10.1. The molecule has 0 heterocycles. The van der Waals surface area contributed by atoms with E-state index in [-0.39, 0.29) is 19.6 Å². The lowest BCUT2D eigenvalue weighted by atomic mass is 10.2. The minimum absolute atomic E-state index is 0.0868. The molecule has 0 radical (unpaired) electrons. The standard InChI is InChI=1S/C14H18N4O9/c1-14(2,3)27-13(19)15-5-4-6-26-12-10(17(22)23)7-9(16(20)21)8-11(12)18(24)25/h7-8H,4-6H2,1-3H3,(H,15,19). The van der Waals surface area contributed by atoms with Crippen LogP contribution in [0.3, 0.4) is 0 Å². The van der Waals surface area contributed by atoms with Crippen LogP contribution in [0.1, 0.15) is 27.2 Å². The molecule has 13 heteroatoms. The van der Waals surface area contributed by atoms with Crippen LogP contribution in [0.5, 0.6) is 5.75 Å². The van der Waals surface area contributed by atoms with Gasteiger partial charge in [-0.15, -0.1) is 0 Å². The first-order valence-corrected chi connectivity index (χ1v) is 7.63. The van der Waals surface area contributed by atoms with Crippen molar-refractivity contribution in [3.05, 3.63) is 42.5 Å². The van der Waals surface area contributed by atoms with E-state index in [1.54, 1.807) is 20.8 Å². The van der Waals surface area contributed by atoms with E-state index in [4.69, 9.17) is 9.47 Å². The van der Waals surface area contributed by atoms with Gasteiger partial charge < -0.3 is 14.8 Å². The number of nitrogens with zero attached hydrogens (tertiary/aromatic N) is 3. The maximum atomic E-state index is 11.5. The summed E-state index contributed by atoms with van der Waals surface area (Å²) >= 11 is 0. The number of benzene rings is 1. The van der Waals surface area contributed by atoms with Gasteiger partial charge in [-0.3, -0.25) is 30.3 Å². The number of nitro benzene ring substituents is 3. The van der Waals surface area contributed by atoms with E-state index in [2.05, 4.69) is 5.32 Å². The summed E-state index contributed by atoms with van der Waals surface area (Å²) in [6, 6.07) is 1.17. The van der Waals surface area contributed by atoms with Gasteiger partial charge in [0.25, 0.3) is 11.4 Å². The van der Waals surface area contributed by atoms with E-state index in [0.29, 0.717) is 12.1 Å². The molecule has 1 rings (SSSR count). The normalized spacial score (nSPS) is 10.8. The van der Waals surface area contributed by atoms with E-state index in [1.165, 1.54) is 0 Å². The molecule has 148 valence electrons. The molecule has 13 nitrogen and oxygen atoms in total. The van der Waals surface area contributed by atoms with Crippen molar-refractivity contribution in [1.29, 1.82) is 0 Å². The highest BCUT2D eigenvalue weighted by Crippen LogP contribution is 2.40. The van der Waals surface area contributed by atoms with Crippen molar-refractivity contribution >= 4 is 23.2 Å². The molecule has 0 spiro atoms. The minimum Gasteiger partial charge on any atom is -0.482 e. The van der Waals surface area contributed by atoms with Crippen LogP contribution in [0.2, 0.25) is 0 Å². The molecular formula is C14H18N4O9. The van der Waals surface area contributed by atoms with Crippen LogP contribution in [-0.2, 0) is 4.74 Å². The molecule has 27 heavy (non-hydrogen) atoms. The van der Waals surface area contributed by atoms with E-state index in [1.807, 2.05) is 0 Å². The predicted octanol–water partition coefficient (Wildman–Crippen LogP) is 2.70. The Morgan fingerprint density at radius 3 is 1.96 bits per heavy atom. The van der Waals surface area contributed by atoms with Crippen LogP contribution < -0.4 is 10.1 Å². The summed E-state index contributed by atoms with van der Waals surface area (Å²) in [5, 5.41) is 35.4. The predicted molar refractivity (Wildman–Crippen MR) is 90.8 cm³/mol. The molecule has 0 aliphatic rings. The van der Waals surface area contributed by atoms with Gasteiger partial charge in [-0.2, -0.15) is 0 Å². The summed E-state index contributed by atoms with van der Waals surface area (Å²) in [6.07, 6.45) is -0.514. The fourth-order valence-electron chi connectivity index (χ4n) is 1.86. The Labute approximate surface area is 152 Å². The highest BCUT2D eigenvalue weighted by molar-refractivity contribution is 5.67. The number of rotatable bonds is 8. The Bertz CT molecular complexity index is 722. The fourth-order valence-corrected chi connectivity index (χ4v) is 1.86. The van der Waals surface area contributed by atoms with Gasteiger partial charge in [0.1, 0.15) is 5.60 Å². The zero-order chi connectivity index (χ0) is 20.8. The van der Waals surface area contributed by atoms with E-state index in [0.717, 1.165) is 0 Å². The first-order valence-electron chi connectivity index (χ1n) is 7.63. The average Bonchev–Trinajstić information content (AvgIpc) is 2.51. The number of amides is 1. The number of ether oxygens (including phenoxy) is 2. The molecule has 1 N–H and O–H groups in total.